The van der Waals surface area contributed by atoms with Crippen LogP contribution >= 0.6 is 11.3 Å². The van der Waals surface area contributed by atoms with Gasteiger partial charge in [-0.05, 0) is 18.6 Å². The monoisotopic (exact) mass is 265 g/mol. The van der Waals surface area contributed by atoms with Crippen molar-refractivity contribution >= 4 is 16.3 Å². The molecule has 0 fully saturated rings. The first-order valence-electron chi connectivity index (χ1n) is 5.48. The molecule has 92 valence electrons. The fourth-order valence-electron chi connectivity index (χ4n) is 1.75. The van der Waals surface area contributed by atoms with Crippen molar-refractivity contribution in [2.75, 3.05) is 0 Å². The molecule has 3 rings (SSSR count). The van der Waals surface area contributed by atoms with Crippen LogP contribution in [0.15, 0.2) is 24.4 Å². The Morgan fingerprint density at radius 3 is 2.61 bits per heavy atom. The minimum absolute atomic E-state index is 0.103. The summed E-state index contributed by atoms with van der Waals surface area (Å²) in [6.07, 6.45) is 2.36. The average molecular weight is 265 g/mol. The van der Waals surface area contributed by atoms with Gasteiger partial charge in [0, 0.05) is 0 Å². The third-order valence-corrected chi connectivity index (χ3v) is 3.67. The fourth-order valence-corrected chi connectivity index (χ4v) is 2.56. The quantitative estimate of drug-likeness (QED) is 0.711. The highest BCUT2D eigenvalue weighted by Gasteiger charge is 2.15. The summed E-state index contributed by atoms with van der Waals surface area (Å²) < 4.78 is 28.8. The van der Waals surface area contributed by atoms with Crippen molar-refractivity contribution in [2.45, 2.75) is 13.3 Å². The third kappa shape index (κ3) is 1.69. The van der Waals surface area contributed by atoms with E-state index in [2.05, 4.69) is 10.1 Å². The summed E-state index contributed by atoms with van der Waals surface area (Å²) in [6.45, 7) is 2.00. The molecule has 0 atom stereocenters. The van der Waals surface area contributed by atoms with Gasteiger partial charge in [-0.25, -0.2) is 18.3 Å². The maximum absolute atomic E-state index is 13.6. The fraction of sp³-hybridized carbons (Fsp3) is 0.167. The number of nitrogens with zero attached hydrogens (tertiary/aromatic N) is 3. The molecule has 3 nitrogen and oxygen atoms in total. The minimum atomic E-state index is -0.614. The number of aryl methyl sites for hydroxylation is 1. The van der Waals surface area contributed by atoms with Crippen LogP contribution in [0.25, 0.3) is 16.2 Å². The van der Waals surface area contributed by atoms with Crippen LogP contribution in [0.4, 0.5) is 8.78 Å². The highest BCUT2D eigenvalue weighted by molar-refractivity contribution is 7.16. The molecule has 0 radical (unpaired) electrons. The lowest BCUT2D eigenvalue weighted by atomic mass is 10.1. The van der Waals surface area contributed by atoms with E-state index in [-0.39, 0.29) is 11.3 Å². The number of rotatable bonds is 2. The Labute approximate surface area is 106 Å². The Kier molecular flexibility index (Phi) is 2.59. The van der Waals surface area contributed by atoms with E-state index >= 15 is 0 Å². The molecule has 3 aromatic rings. The number of aromatic nitrogens is 3. The van der Waals surface area contributed by atoms with E-state index in [1.165, 1.54) is 29.5 Å². The number of fused-ring (bicyclic) bond motifs is 1. The summed E-state index contributed by atoms with van der Waals surface area (Å²) in [5, 5.41) is 5.21. The molecule has 0 spiro atoms. The van der Waals surface area contributed by atoms with Gasteiger partial charge in [-0.2, -0.15) is 5.10 Å². The lowest BCUT2D eigenvalue weighted by Crippen LogP contribution is -1.89. The van der Waals surface area contributed by atoms with E-state index in [0.29, 0.717) is 4.96 Å². The molecule has 0 aliphatic rings. The molecule has 0 aliphatic heterocycles. The highest BCUT2D eigenvalue weighted by atomic mass is 32.1. The maximum Gasteiger partial charge on any atom is 0.212 e. The van der Waals surface area contributed by atoms with Crippen molar-refractivity contribution in [3.05, 3.63) is 41.0 Å². The predicted octanol–water partition coefficient (Wildman–Crippen LogP) is 3.30. The molecule has 2 heterocycles. The Balaban J connectivity index is 2.17. The zero-order valence-corrected chi connectivity index (χ0v) is 10.3. The summed E-state index contributed by atoms with van der Waals surface area (Å²) in [5.74, 6) is -1.23. The normalized spacial score (nSPS) is 11.3. The van der Waals surface area contributed by atoms with Crippen LogP contribution in [-0.2, 0) is 6.42 Å². The van der Waals surface area contributed by atoms with Gasteiger partial charge in [0.1, 0.15) is 16.6 Å². The highest BCUT2D eigenvalue weighted by Crippen LogP contribution is 2.26. The van der Waals surface area contributed by atoms with Crippen LogP contribution in [0.2, 0.25) is 0 Å². The van der Waals surface area contributed by atoms with Gasteiger partial charge >= 0.3 is 0 Å². The molecule has 0 amide bonds. The summed E-state index contributed by atoms with van der Waals surface area (Å²) in [7, 11) is 0. The zero-order valence-electron chi connectivity index (χ0n) is 9.52. The second kappa shape index (κ2) is 4.13. The van der Waals surface area contributed by atoms with E-state index in [9.17, 15) is 8.78 Å². The van der Waals surface area contributed by atoms with E-state index in [1.807, 2.05) is 6.92 Å². The molecular weight excluding hydrogens is 256 g/mol. The number of halogens is 2. The molecule has 0 saturated heterocycles. The summed E-state index contributed by atoms with van der Waals surface area (Å²) >= 11 is 1.42. The Bertz CT molecular complexity index is 666. The van der Waals surface area contributed by atoms with Crippen LogP contribution in [0, 0.1) is 11.6 Å². The lowest BCUT2D eigenvalue weighted by molar-refractivity contribution is 0.589. The van der Waals surface area contributed by atoms with Crippen molar-refractivity contribution in [2.24, 2.45) is 0 Å². The molecule has 0 unspecified atom stereocenters. The Morgan fingerprint density at radius 2 is 2.00 bits per heavy atom. The topological polar surface area (TPSA) is 30.2 Å². The largest absolute Gasteiger partial charge is 0.217 e. The average Bonchev–Trinajstić information content (AvgIpc) is 2.86. The van der Waals surface area contributed by atoms with Crippen molar-refractivity contribution in [3.8, 4) is 11.3 Å². The first kappa shape index (κ1) is 11.3. The van der Waals surface area contributed by atoms with Gasteiger partial charge < -0.3 is 0 Å². The first-order valence-corrected chi connectivity index (χ1v) is 6.30. The number of imidazole rings is 1. The van der Waals surface area contributed by atoms with Gasteiger partial charge in [-0.15, -0.1) is 0 Å². The predicted molar refractivity (Wildman–Crippen MR) is 65.6 cm³/mol. The van der Waals surface area contributed by atoms with E-state index in [1.54, 1.807) is 10.7 Å². The van der Waals surface area contributed by atoms with E-state index in [4.69, 9.17) is 0 Å². The second-order valence-electron chi connectivity index (χ2n) is 3.80. The van der Waals surface area contributed by atoms with Gasteiger partial charge in [-0.3, -0.25) is 0 Å². The van der Waals surface area contributed by atoms with Crippen LogP contribution in [0.5, 0.6) is 0 Å². The van der Waals surface area contributed by atoms with Crippen LogP contribution in [-0.4, -0.2) is 14.6 Å². The van der Waals surface area contributed by atoms with Crippen LogP contribution in [0.3, 0.4) is 0 Å². The van der Waals surface area contributed by atoms with Gasteiger partial charge in [0.15, 0.2) is 0 Å². The van der Waals surface area contributed by atoms with Crippen molar-refractivity contribution < 1.29 is 8.78 Å². The van der Waals surface area contributed by atoms with E-state index in [0.717, 1.165) is 11.4 Å². The molecule has 18 heavy (non-hydrogen) atoms. The molecule has 6 heteroatoms. The number of hydrogen-bond acceptors (Lipinski definition) is 3. The molecule has 0 bridgehead atoms. The molecule has 0 saturated carbocycles. The SMILES string of the molecule is CCc1nn2cc(-c3c(F)cccc3F)nc2s1. The third-order valence-electron chi connectivity index (χ3n) is 2.61. The minimum Gasteiger partial charge on any atom is -0.217 e. The van der Waals surface area contributed by atoms with Crippen molar-refractivity contribution in [1.82, 2.24) is 14.6 Å². The van der Waals surface area contributed by atoms with Gasteiger partial charge in [0.2, 0.25) is 4.96 Å². The Hall–Kier alpha value is -1.82. The molecule has 0 aliphatic carbocycles. The second-order valence-corrected chi connectivity index (χ2v) is 4.84. The molecule has 1 aromatic carbocycles. The smallest absolute Gasteiger partial charge is 0.212 e. The summed E-state index contributed by atoms with van der Waals surface area (Å²) in [5.41, 5.74) is 0.167. The van der Waals surface area contributed by atoms with Crippen LogP contribution in [0.1, 0.15) is 11.9 Å². The molecular formula is C12H9F2N3S. The first-order chi connectivity index (χ1) is 8.69. The van der Waals surface area contributed by atoms with Gasteiger partial charge in [-0.1, -0.05) is 24.3 Å². The number of benzene rings is 1. The van der Waals surface area contributed by atoms with Crippen LogP contribution < -0.4 is 0 Å². The van der Waals surface area contributed by atoms with Gasteiger partial charge in [0.05, 0.1) is 17.5 Å². The van der Waals surface area contributed by atoms with Gasteiger partial charge in [0.25, 0.3) is 0 Å². The summed E-state index contributed by atoms with van der Waals surface area (Å²) in [4.78, 5) is 4.86. The van der Waals surface area contributed by atoms with Crippen molar-refractivity contribution in [3.63, 3.8) is 0 Å². The molecule has 0 N–H and O–H groups in total. The van der Waals surface area contributed by atoms with Crippen molar-refractivity contribution in [1.29, 1.82) is 0 Å². The Morgan fingerprint density at radius 1 is 1.28 bits per heavy atom. The lowest BCUT2D eigenvalue weighted by Gasteiger charge is -1.99. The maximum atomic E-state index is 13.6. The standard InChI is InChI=1S/C12H9F2N3S/c1-2-10-16-17-6-9(15-12(17)18-10)11-7(13)4-3-5-8(11)14/h3-6H,2H2,1H3. The number of hydrogen-bond donors (Lipinski definition) is 0. The van der Waals surface area contributed by atoms with E-state index < -0.39 is 11.6 Å². The summed E-state index contributed by atoms with van der Waals surface area (Å²) in [6, 6.07) is 3.77. The zero-order chi connectivity index (χ0) is 12.7. The molecule has 2 aromatic heterocycles.